The minimum atomic E-state index is -2.95. The Labute approximate surface area is 158 Å². The second-order valence-electron chi connectivity index (χ2n) is 6.52. The van der Waals surface area contributed by atoms with E-state index in [1.807, 2.05) is 24.3 Å². The molecule has 0 radical (unpaired) electrons. The summed E-state index contributed by atoms with van der Waals surface area (Å²) in [5, 5.41) is 3.46. The van der Waals surface area contributed by atoms with Gasteiger partial charge in [0.15, 0.2) is 9.84 Å². The van der Waals surface area contributed by atoms with Gasteiger partial charge in [0.05, 0.1) is 24.6 Å². The van der Waals surface area contributed by atoms with Crippen LogP contribution >= 0.6 is 11.6 Å². The van der Waals surface area contributed by atoms with Crippen LogP contribution in [0.5, 0.6) is 0 Å². The van der Waals surface area contributed by atoms with Gasteiger partial charge >= 0.3 is 0 Å². The number of rotatable bonds is 6. The number of likely N-dealkylation sites (N-methyl/N-ethyl adjacent to an activating group) is 1. The molecule has 1 unspecified atom stereocenters. The van der Waals surface area contributed by atoms with Gasteiger partial charge in [0.25, 0.3) is 0 Å². The van der Waals surface area contributed by atoms with Gasteiger partial charge in [-0.05, 0) is 49.9 Å². The van der Waals surface area contributed by atoms with Gasteiger partial charge in [-0.15, -0.1) is 0 Å². The van der Waals surface area contributed by atoms with Crippen LogP contribution in [0.2, 0.25) is 5.02 Å². The van der Waals surface area contributed by atoms with Crippen molar-refractivity contribution in [2.45, 2.75) is 19.0 Å². The zero-order valence-electron chi connectivity index (χ0n) is 14.4. The van der Waals surface area contributed by atoms with Crippen molar-refractivity contribution in [2.24, 2.45) is 0 Å². The number of nitrogens with zero attached hydrogens (tertiary/aromatic N) is 1. The Morgan fingerprint density at radius 3 is 2.65 bits per heavy atom. The van der Waals surface area contributed by atoms with Crippen LogP contribution < -0.4 is 5.32 Å². The van der Waals surface area contributed by atoms with Gasteiger partial charge in [-0.1, -0.05) is 11.6 Å². The highest BCUT2D eigenvalue weighted by atomic mass is 35.5. The highest BCUT2D eigenvalue weighted by Crippen LogP contribution is 2.23. The van der Waals surface area contributed by atoms with E-state index in [9.17, 15) is 13.2 Å². The number of sulfone groups is 1. The fourth-order valence-electron chi connectivity index (χ4n) is 2.96. The van der Waals surface area contributed by atoms with Gasteiger partial charge in [-0.25, -0.2) is 8.42 Å². The maximum absolute atomic E-state index is 12.1. The van der Waals surface area contributed by atoms with Crippen molar-refractivity contribution in [1.29, 1.82) is 0 Å². The minimum Gasteiger partial charge on any atom is -0.459 e. The zero-order valence-corrected chi connectivity index (χ0v) is 16.0. The molecule has 8 heteroatoms. The molecule has 3 rings (SSSR count). The fraction of sp³-hybridized carbons (Fsp3) is 0.389. The summed E-state index contributed by atoms with van der Waals surface area (Å²) in [7, 11) is -1.18. The third-order valence-corrected chi connectivity index (χ3v) is 6.48. The second-order valence-corrected chi connectivity index (χ2v) is 9.19. The quantitative estimate of drug-likeness (QED) is 0.810. The first-order chi connectivity index (χ1) is 12.3. The Morgan fingerprint density at radius 1 is 1.27 bits per heavy atom. The molecular weight excluding hydrogens is 376 g/mol. The van der Waals surface area contributed by atoms with Crippen LogP contribution in [0.15, 0.2) is 40.8 Å². The van der Waals surface area contributed by atoms with E-state index in [2.05, 4.69) is 5.32 Å². The number of carbonyl (C=O) groups excluding carboxylic acids is 1. The largest absolute Gasteiger partial charge is 0.459 e. The fourth-order valence-corrected chi connectivity index (χ4v) is 4.89. The maximum atomic E-state index is 12.1. The smallest absolute Gasteiger partial charge is 0.234 e. The van der Waals surface area contributed by atoms with Crippen LogP contribution in [-0.4, -0.2) is 50.4 Å². The van der Waals surface area contributed by atoms with Gasteiger partial charge in [0, 0.05) is 16.6 Å². The minimum absolute atomic E-state index is 0.0918. The van der Waals surface area contributed by atoms with Gasteiger partial charge in [-0.2, -0.15) is 0 Å². The van der Waals surface area contributed by atoms with E-state index in [1.54, 1.807) is 24.1 Å². The lowest BCUT2D eigenvalue weighted by Gasteiger charge is -2.22. The molecule has 1 atom stereocenters. The molecule has 2 heterocycles. The summed E-state index contributed by atoms with van der Waals surface area (Å²) in [4.78, 5) is 13.9. The highest BCUT2D eigenvalue weighted by Gasteiger charge is 2.31. The number of carbonyl (C=O) groups is 1. The predicted molar refractivity (Wildman–Crippen MR) is 101 cm³/mol. The van der Waals surface area contributed by atoms with E-state index < -0.39 is 9.84 Å². The monoisotopic (exact) mass is 396 g/mol. The van der Waals surface area contributed by atoms with Crippen molar-refractivity contribution in [3.63, 3.8) is 0 Å². The van der Waals surface area contributed by atoms with Crippen LogP contribution in [0.3, 0.4) is 0 Å². The summed E-state index contributed by atoms with van der Waals surface area (Å²) in [6, 6.07) is 10.9. The van der Waals surface area contributed by atoms with E-state index in [4.69, 9.17) is 16.0 Å². The number of amides is 1. The molecule has 26 heavy (non-hydrogen) atoms. The molecule has 140 valence electrons. The van der Waals surface area contributed by atoms with Crippen LogP contribution in [-0.2, 0) is 21.2 Å². The summed E-state index contributed by atoms with van der Waals surface area (Å²) < 4.78 is 28.8. The molecule has 0 aliphatic carbocycles. The standard InChI is InChI=1S/C18H21ClN2O4S/c1-21(15-8-9-26(23,24)12-15)11-18(22)20-10-16-6-7-17(25-16)13-2-4-14(19)5-3-13/h2-7,15H,8-12H2,1H3,(H,20,22). The first-order valence-electron chi connectivity index (χ1n) is 8.34. The van der Waals surface area contributed by atoms with Crippen molar-refractivity contribution >= 4 is 27.3 Å². The highest BCUT2D eigenvalue weighted by molar-refractivity contribution is 7.91. The molecule has 1 aliphatic rings. The topological polar surface area (TPSA) is 79.6 Å². The summed E-state index contributed by atoms with van der Waals surface area (Å²) in [6.07, 6.45) is 0.578. The van der Waals surface area contributed by atoms with Crippen molar-refractivity contribution in [1.82, 2.24) is 10.2 Å². The SMILES string of the molecule is CN(CC(=O)NCc1ccc(-c2ccc(Cl)cc2)o1)C1CCS(=O)(=O)C1. The number of hydrogen-bond donors (Lipinski definition) is 1. The van der Waals surface area contributed by atoms with Crippen LogP contribution in [0.4, 0.5) is 0 Å². The Hall–Kier alpha value is -1.83. The molecule has 1 fully saturated rings. The molecule has 1 amide bonds. The molecule has 1 saturated heterocycles. The lowest BCUT2D eigenvalue weighted by molar-refractivity contribution is -0.122. The van der Waals surface area contributed by atoms with E-state index >= 15 is 0 Å². The first-order valence-corrected chi connectivity index (χ1v) is 10.5. The van der Waals surface area contributed by atoms with Crippen molar-refractivity contribution < 1.29 is 17.6 Å². The maximum Gasteiger partial charge on any atom is 0.234 e. The second kappa shape index (κ2) is 7.82. The van der Waals surface area contributed by atoms with E-state index in [0.29, 0.717) is 23.0 Å². The number of furan rings is 1. The average Bonchev–Trinajstić information content (AvgIpc) is 3.20. The Kier molecular flexibility index (Phi) is 5.70. The number of halogens is 1. The lowest BCUT2D eigenvalue weighted by Crippen LogP contribution is -2.40. The van der Waals surface area contributed by atoms with Gasteiger partial charge in [0.1, 0.15) is 11.5 Å². The van der Waals surface area contributed by atoms with Crippen LogP contribution in [0, 0.1) is 0 Å². The number of benzene rings is 1. The van der Waals surface area contributed by atoms with Gasteiger partial charge in [0.2, 0.25) is 5.91 Å². The predicted octanol–water partition coefficient (Wildman–Crippen LogP) is 2.34. The average molecular weight is 397 g/mol. The molecule has 1 aromatic carbocycles. The molecule has 0 bridgehead atoms. The number of nitrogens with one attached hydrogen (secondary N) is 1. The lowest BCUT2D eigenvalue weighted by atomic mass is 10.2. The summed E-state index contributed by atoms with van der Waals surface area (Å²) >= 11 is 5.88. The molecule has 6 nitrogen and oxygen atoms in total. The molecule has 1 N–H and O–H groups in total. The van der Waals surface area contributed by atoms with E-state index in [0.717, 1.165) is 5.56 Å². The third-order valence-electron chi connectivity index (χ3n) is 4.47. The third kappa shape index (κ3) is 4.87. The van der Waals surface area contributed by atoms with E-state index in [-0.39, 0.29) is 36.5 Å². The summed E-state index contributed by atoms with van der Waals surface area (Å²) in [6.45, 7) is 0.439. The summed E-state index contributed by atoms with van der Waals surface area (Å²) in [5.74, 6) is 1.51. The Balaban J connectivity index is 1.50. The van der Waals surface area contributed by atoms with Gasteiger partial charge < -0.3 is 9.73 Å². The Morgan fingerprint density at radius 2 is 2.00 bits per heavy atom. The molecule has 0 saturated carbocycles. The number of hydrogen-bond acceptors (Lipinski definition) is 5. The molecule has 1 aliphatic heterocycles. The van der Waals surface area contributed by atoms with Gasteiger partial charge in [-0.3, -0.25) is 9.69 Å². The van der Waals surface area contributed by atoms with Crippen molar-refractivity contribution in [3.8, 4) is 11.3 Å². The first kappa shape index (κ1) is 18.9. The molecule has 2 aromatic rings. The van der Waals surface area contributed by atoms with Crippen LogP contribution in [0.25, 0.3) is 11.3 Å². The molecular formula is C18H21ClN2O4S. The van der Waals surface area contributed by atoms with Crippen molar-refractivity contribution in [3.05, 3.63) is 47.2 Å². The van der Waals surface area contributed by atoms with E-state index in [1.165, 1.54) is 0 Å². The molecule has 1 aromatic heterocycles. The Bertz CT molecular complexity index is 877. The van der Waals surface area contributed by atoms with Crippen LogP contribution in [0.1, 0.15) is 12.2 Å². The van der Waals surface area contributed by atoms with Crippen molar-refractivity contribution in [2.75, 3.05) is 25.1 Å². The normalized spacial score (nSPS) is 19.0. The molecule has 0 spiro atoms. The summed E-state index contributed by atoms with van der Waals surface area (Å²) in [5.41, 5.74) is 0.911. The zero-order chi connectivity index (χ0) is 18.7.